The molecule has 1 nitrogen and oxygen atoms in total. The van der Waals surface area contributed by atoms with Gasteiger partial charge in [0.2, 0.25) is 0 Å². The first-order valence-corrected chi connectivity index (χ1v) is 6.43. The van der Waals surface area contributed by atoms with E-state index in [9.17, 15) is 0 Å². The van der Waals surface area contributed by atoms with Gasteiger partial charge >= 0.3 is 0 Å². The maximum atomic E-state index is 3.73. The topological polar surface area (TPSA) is 12.0 Å². The van der Waals surface area contributed by atoms with Gasteiger partial charge in [-0.05, 0) is 30.5 Å². The fourth-order valence-electron chi connectivity index (χ4n) is 1.45. The van der Waals surface area contributed by atoms with Crippen LogP contribution in [-0.4, -0.2) is 11.8 Å². The average molecular weight is 219 g/mol. The van der Waals surface area contributed by atoms with Crippen LogP contribution in [0.1, 0.15) is 18.4 Å². The lowest BCUT2D eigenvalue weighted by atomic mass is 10.2. The van der Waals surface area contributed by atoms with E-state index < -0.39 is 0 Å². The lowest BCUT2D eigenvalue weighted by Crippen LogP contribution is -2.15. The zero-order chi connectivity index (χ0) is 10.5. The molecule has 1 aromatic rings. The Kier molecular flexibility index (Phi) is 3.87. The summed E-state index contributed by atoms with van der Waals surface area (Å²) in [4.78, 5) is 1.34. The van der Waals surface area contributed by atoms with Crippen molar-refractivity contribution in [3.63, 3.8) is 0 Å². The number of thioether (sulfide) groups is 1. The first-order chi connectivity index (χ1) is 7.38. The number of hydrogen-bond donors (Lipinski definition) is 1. The molecule has 2 heteroatoms. The van der Waals surface area contributed by atoms with Gasteiger partial charge in [-0.25, -0.2) is 0 Å². The Morgan fingerprint density at radius 2 is 2.33 bits per heavy atom. The standard InChI is InChI=1S/C13H17NS/c1-2-8-15-13-5-3-4-11(9-13)10-14-12-6-7-12/h2-5,9,12,14H,1,6-8,10H2. The summed E-state index contributed by atoms with van der Waals surface area (Å²) >= 11 is 1.84. The van der Waals surface area contributed by atoms with Crippen LogP contribution in [-0.2, 0) is 6.54 Å². The van der Waals surface area contributed by atoms with Crippen molar-refractivity contribution in [3.8, 4) is 0 Å². The van der Waals surface area contributed by atoms with E-state index in [0.29, 0.717) is 0 Å². The van der Waals surface area contributed by atoms with Gasteiger partial charge in [-0.3, -0.25) is 0 Å². The van der Waals surface area contributed by atoms with Crippen LogP contribution >= 0.6 is 11.8 Å². The van der Waals surface area contributed by atoms with Crippen LogP contribution in [0.4, 0.5) is 0 Å². The molecule has 0 unspecified atom stereocenters. The lowest BCUT2D eigenvalue weighted by Gasteiger charge is -2.05. The third kappa shape index (κ3) is 3.73. The fourth-order valence-corrected chi connectivity index (χ4v) is 2.17. The summed E-state index contributed by atoms with van der Waals surface area (Å²) in [7, 11) is 0. The molecule has 15 heavy (non-hydrogen) atoms. The molecule has 1 N–H and O–H groups in total. The molecule has 0 spiro atoms. The summed E-state index contributed by atoms with van der Waals surface area (Å²) in [6, 6.07) is 9.54. The van der Waals surface area contributed by atoms with E-state index in [1.807, 2.05) is 17.8 Å². The van der Waals surface area contributed by atoms with Gasteiger partial charge < -0.3 is 5.32 Å². The molecule has 0 aliphatic heterocycles. The van der Waals surface area contributed by atoms with Gasteiger partial charge in [0, 0.05) is 23.2 Å². The Hall–Kier alpha value is -0.730. The number of nitrogens with one attached hydrogen (secondary N) is 1. The molecule has 80 valence electrons. The van der Waals surface area contributed by atoms with Crippen molar-refractivity contribution >= 4 is 11.8 Å². The van der Waals surface area contributed by atoms with E-state index in [1.165, 1.54) is 23.3 Å². The first kappa shape index (κ1) is 10.8. The highest BCUT2D eigenvalue weighted by Gasteiger charge is 2.19. The second-order valence-corrected chi connectivity index (χ2v) is 5.00. The Morgan fingerprint density at radius 3 is 3.07 bits per heavy atom. The van der Waals surface area contributed by atoms with Crippen molar-refractivity contribution < 1.29 is 0 Å². The van der Waals surface area contributed by atoms with Gasteiger partial charge in [0.1, 0.15) is 0 Å². The van der Waals surface area contributed by atoms with Crippen molar-refractivity contribution in [1.29, 1.82) is 0 Å². The molecule has 1 fully saturated rings. The highest BCUT2D eigenvalue weighted by molar-refractivity contribution is 7.99. The zero-order valence-corrected chi connectivity index (χ0v) is 9.72. The van der Waals surface area contributed by atoms with Crippen molar-refractivity contribution in [2.45, 2.75) is 30.3 Å². The monoisotopic (exact) mass is 219 g/mol. The summed E-state index contributed by atoms with van der Waals surface area (Å²) < 4.78 is 0. The van der Waals surface area contributed by atoms with Crippen molar-refractivity contribution in [1.82, 2.24) is 5.32 Å². The van der Waals surface area contributed by atoms with Crippen LogP contribution < -0.4 is 5.32 Å². The molecule has 1 saturated carbocycles. The van der Waals surface area contributed by atoms with E-state index in [0.717, 1.165) is 18.3 Å². The van der Waals surface area contributed by atoms with Gasteiger partial charge in [-0.15, -0.1) is 18.3 Å². The normalized spacial score (nSPS) is 15.2. The minimum atomic E-state index is 0.787. The second kappa shape index (κ2) is 5.38. The van der Waals surface area contributed by atoms with Gasteiger partial charge in [0.25, 0.3) is 0 Å². The minimum absolute atomic E-state index is 0.787. The van der Waals surface area contributed by atoms with Crippen molar-refractivity contribution in [2.24, 2.45) is 0 Å². The molecule has 0 saturated heterocycles. The van der Waals surface area contributed by atoms with E-state index in [1.54, 1.807) is 0 Å². The average Bonchev–Trinajstić information content (AvgIpc) is 3.08. The third-order valence-corrected chi connectivity index (χ3v) is 3.43. The molecule has 0 amide bonds. The summed E-state index contributed by atoms with van der Waals surface area (Å²) in [6.07, 6.45) is 4.65. The Labute approximate surface area is 96.0 Å². The molecular weight excluding hydrogens is 202 g/mol. The Balaban J connectivity index is 1.88. The van der Waals surface area contributed by atoms with Gasteiger partial charge in [-0.2, -0.15) is 0 Å². The second-order valence-electron chi connectivity index (χ2n) is 3.90. The molecule has 1 aliphatic rings. The van der Waals surface area contributed by atoms with Crippen molar-refractivity contribution in [2.75, 3.05) is 5.75 Å². The maximum absolute atomic E-state index is 3.73. The predicted octanol–water partition coefficient (Wildman–Crippen LogP) is 3.22. The minimum Gasteiger partial charge on any atom is -0.310 e. The first-order valence-electron chi connectivity index (χ1n) is 5.44. The summed E-state index contributed by atoms with van der Waals surface area (Å²) in [5.41, 5.74) is 1.39. The van der Waals surface area contributed by atoms with Crippen molar-refractivity contribution in [3.05, 3.63) is 42.5 Å². The molecule has 1 aliphatic carbocycles. The SMILES string of the molecule is C=CCSc1cccc(CNC2CC2)c1. The van der Waals surface area contributed by atoms with Gasteiger partial charge in [0.15, 0.2) is 0 Å². The van der Waals surface area contributed by atoms with Gasteiger partial charge in [-0.1, -0.05) is 18.2 Å². The molecule has 0 atom stereocenters. The zero-order valence-electron chi connectivity index (χ0n) is 8.91. The van der Waals surface area contributed by atoms with E-state index in [4.69, 9.17) is 0 Å². The van der Waals surface area contributed by atoms with E-state index in [-0.39, 0.29) is 0 Å². The molecular formula is C13H17NS. The van der Waals surface area contributed by atoms with Crippen LogP contribution in [0.25, 0.3) is 0 Å². The maximum Gasteiger partial charge on any atom is 0.0208 e. The Morgan fingerprint density at radius 1 is 1.47 bits per heavy atom. The number of hydrogen-bond acceptors (Lipinski definition) is 2. The summed E-state index contributed by atoms with van der Waals surface area (Å²) in [5, 5.41) is 3.53. The third-order valence-electron chi connectivity index (χ3n) is 2.44. The highest BCUT2D eigenvalue weighted by Crippen LogP contribution is 2.21. The molecule has 0 aromatic heterocycles. The largest absolute Gasteiger partial charge is 0.310 e. The van der Waals surface area contributed by atoms with E-state index in [2.05, 4.69) is 36.2 Å². The number of benzene rings is 1. The van der Waals surface area contributed by atoms with E-state index >= 15 is 0 Å². The number of rotatable bonds is 6. The summed E-state index contributed by atoms with van der Waals surface area (Å²) in [6.45, 7) is 4.74. The molecule has 2 rings (SSSR count). The van der Waals surface area contributed by atoms with Gasteiger partial charge in [0.05, 0.1) is 0 Å². The highest BCUT2D eigenvalue weighted by atomic mass is 32.2. The van der Waals surface area contributed by atoms with Crippen LogP contribution in [0.2, 0.25) is 0 Å². The lowest BCUT2D eigenvalue weighted by molar-refractivity contribution is 0.687. The molecule has 0 bridgehead atoms. The van der Waals surface area contributed by atoms with Crippen LogP contribution in [0, 0.1) is 0 Å². The van der Waals surface area contributed by atoms with Crippen LogP contribution in [0.3, 0.4) is 0 Å². The summed E-state index contributed by atoms with van der Waals surface area (Å²) in [5.74, 6) is 0.986. The predicted molar refractivity (Wildman–Crippen MR) is 67.2 cm³/mol. The van der Waals surface area contributed by atoms with Crippen LogP contribution in [0.5, 0.6) is 0 Å². The quantitative estimate of drug-likeness (QED) is 0.582. The molecule has 0 radical (unpaired) electrons. The fraction of sp³-hybridized carbons (Fsp3) is 0.385. The van der Waals surface area contributed by atoms with Crippen LogP contribution in [0.15, 0.2) is 41.8 Å². The Bertz CT molecular complexity index is 331. The molecule has 0 heterocycles. The smallest absolute Gasteiger partial charge is 0.0208 e. The molecule has 1 aromatic carbocycles.